The lowest BCUT2D eigenvalue weighted by molar-refractivity contribution is -0.136. The first-order valence-electron chi connectivity index (χ1n) is 4.04. The predicted molar refractivity (Wildman–Crippen MR) is 49.4 cm³/mol. The Kier molecular flexibility index (Phi) is 4.00. The van der Waals surface area contributed by atoms with E-state index in [1.165, 1.54) is 0 Å². The molecule has 0 fully saturated rings. The lowest BCUT2D eigenvalue weighted by Gasteiger charge is -2.08. The smallest absolute Gasteiger partial charge is 0.387 e. The molecule has 0 atom stereocenters. The zero-order valence-corrected chi connectivity index (χ0v) is 8.47. The van der Waals surface area contributed by atoms with Crippen LogP contribution in [0.15, 0.2) is 12.1 Å². The molecule has 3 nitrogen and oxygen atoms in total. The molecule has 0 radical (unpaired) electrons. The van der Waals surface area contributed by atoms with Gasteiger partial charge in [0.25, 0.3) is 0 Å². The van der Waals surface area contributed by atoms with Crippen LogP contribution in [0.1, 0.15) is 5.56 Å². The summed E-state index contributed by atoms with van der Waals surface area (Å²) in [6.45, 7) is -3.17. The SMILES string of the molecule is O=C(O)Cc1cc(F)c(OC(F)F)cc1Cl. The van der Waals surface area contributed by atoms with E-state index in [2.05, 4.69) is 4.74 Å². The van der Waals surface area contributed by atoms with Crippen LogP contribution in [0.3, 0.4) is 0 Å². The molecule has 0 heterocycles. The Bertz CT molecular complexity index is 409. The van der Waals surface area contributed by atoms with Gasteiger partial charge in [0.1, 0.15) is 0 Å². The van der Waals surface area contributed by atoms with Crippen molar-refractivity contribution in [2.24, 2.45) is 0 Å². The minimum atomic E-state index is -3.17. The Morgan fingerprint density at radius 3 is 2.62 bits per heavy atom. The fourth-order valence-corrected chi connectivity index (χ4v) is 1.27. The molecule has 88 valence electrons. The van der Waals surface area contributed by atoms with Crippen LogP contribution in [-0.4, -0.2) is 17.7 Å². The average molecular weight is 255 g/mol. The molecular weight excluding hydrogens is 249 g/mol. The largest absolute Gasteiger partial charge is 0.481 e. The van der Waals surface area contributed by atoms with Crippen molar-refractivity contribution in [3.63, 3.8) is 0 Å². The second-order valence-corrected chi connectivity index (χ2v) is 3.23. The van der Waals surface area contributed by atoms with Gasteiger partial charge in [0.05, 0.1) is 6.42 Å². The Hall–Kier alpha value is -1.43. The van der Waals surface area contributed by atoms with Gasteiger partial charge in [-0.2, -0.15) is 8.78 Å². The Morgan fingerprint density at radius 2 is 2.12 bits per heavy atom. The molecule has 0 unspecified atom stereocenters. The summed E-state index contributed by atoms with van der Waals surface area (Å²) in [5.74, 6) is -3.00. The van der Waals surface area contributed by atoms with Gasteiger partial charge in [-0.05, 0) is 11.6 Å². The van der Waals surface area contributed by atoms with E-state index in [0.717, 1.165) is 12.1 Å². The van der Waals surface area contributed by atoms with E-state index >= 15 is 0 Å². The molecule has 1 aromatic rings. The lowest BCUT2D eigenvalue weighted by atomic mass is 10.1. The highest BCUT2D eigenvalue weighted by atomic mass is 35.5. The van der Waals surface area contributed by atoms with Crippen LogP contribution in [-0.2, 0) is 11.2 Å². The molecule has 1 N–H and O–H groups in total. The molecule has 16 heavy (non-hydrogen) atoms. The number of halogens is 4. The van der Waals surface area contributed by atoms with Crippen molar-refractivity contribution in [2.45, 2.75) is 13.0 Å². The van der Waals surface area contributed by atoms with Gasteiger partial charge in [-0.25, -0.2) is 4.39 Å². The van der Waals surface area contributed by atoms with E-state index in [1.54, 1.807) is 0 Å². The van der Waals surface area contributed by atoms with Crippen LogP contribution in [0, 0.1) is 5.82 Å². The fourth-order valence-electron chi connectivity index (χ4n) is 1.05. The van der Waals surface area contributed by atoms with Crippen molar-refractivity contribution >= 4 is 17.6 Å². The second-order valence-electron chi connectivity index (χ2n) is 2.82. The van der Waals surface area contributed by atoms with E-state index in [0.29, 0.717) is 0 Å². The molecule has 0 amide bonds. The normalized spacial score (nSPS) is 10.6. The molecule has 0 aliphatic carbocycles. The zero-order chi connectivity index (χ0) is 12.3. The molecule has 0 saturated carbocycles. The van der Waals surface area contributed by atoms with Crippen LogP contribution < -0.4 is 4.74 Å². The maximum Gasteiger partial charge on any atom is 0.387 e. The average Bonchev–Trinajstić information content (AvgIpc) is 2.11. The highest BCUT2D eigenvalue weighted by Gasteiger charge is 2.15. The first kappa shape index (κ1) is 12.6. The number of carboxylic acids is 1. The van der Waals surface area contributed by atoms with E-state index in [-0.39, 0.29) is 10.6 Å². The van der Waals surface area contributed by atoms with Gasteiger partial charge in [-0.1, -0.05) is 11.6 Å². The molecule has 1 aromatic carbocycles. The number of rotatable bonds is 4. The maximum atomic E-state index is 13.1. The van der Waals surface area contributed by atoms with Gasteiger partial charge in [0.15, 0.2) is 11.6 Å². The maximum absolute atomic E-state index is 13.1. The van der Waals surface area contributed by atoms with Gasteiger partial charge in [0, 0.05) is 11.1 Å². The van der Waals surface area contributed by atoms with E-state index in [4.69, 9.17) is 16.7 Å². The third kappa shape index (κ3) is 3.30. The van der Waals surface area contributed by atoms with E-state index < -0.39 is 30.6 Å². The van der Waals surface area contributed by atoms with E-state index in [1.807, 2.05) is 0 Å². The van der Waals surface area contributed by atoms with Crippen LogP contribution >= 0.6 is 11.6 Å². The first-order valence-corrected chi connectivity index (χ1v) is 4.42. The molecule has 0 aliphatic rings. The summed E-state index contributed by atoms with van der Waals surface area (Å²) < 4.78 is 40.6. The summed E-state index contributed by atoms with van der Waals surface area (Å²) in [5.41, 5.74) is -0.00622. The van der Waals surface area contributed by atoms with E-state index in [9.17, 15) is 18.0 Å². The van der Waals surface area contributed by atoms with Crippen molar-refractivity contribution in [3.8, 4) is 5.75 Å². The van der Waals surface area contributed by atoms with Gasteiger partial charge in [-0.15, -0.1) is 0 Å². The Morgan fingerprint density at radius 1 is 1.50 bits per heavy atom. The zero-order valence-electron chi connectivity index (χ0n) is 7.71. The molecule has 0 spiro atoms. The van der Waals surface area contributed by atoms with Crippen molar-refractivity contribution in [2.75, 3.05) is 0 Å². The molecule has 0 saturated heterocycles. The number of hydrogen-bond acceptors (Lipinski definition) is 2. The summed E-state index contributed by atoms with van der Waals surface area (Å²) in [7, 11) is 0. The molecule has 0 bridgehead atoms. The number of carbonyl (C=O) groups is 1. The highest BCUT2D eigenvalue weighted by Crippen LogP contribution is 2.27. The van der Waals surface area contributed by atoms with Gasteiger partial charge < -0.3 is 9.84 Å². The number of alkyl halides is 2. The summed E-state index contributed by atoms with van der Waals surface area (Å²) in [4.78, 5) is 10.4. The minimum Gasteiger partial charge on any atom is -0.481 e. The number of aliphatic carboxylic acids is 1. The summed E-state index contributed by atoms with van der Waals surface area (Å²) in [6.07, 6.45) is -0.495. The molecule has 0 aromatic heterocycles. The number of hydrogen-bond donors (Lipinski definition) is 1. The summed E-state index contributed by atoms with van der Waals surface area (Å²) >= 11 is 5.57. The van der Waals surface area contributed by atoms with Crippen LogP contribution in [0.4, 0.5) is 13.2 Å². The van der Waals surface area contributed by atoms with Gasteiger partial charge in [0.2, 0.25) is 0 Å². The van der Waals surface area contributed by atoms with Crippen molar-refractivity contribution < 1.29 is 27.8 Å². The topological polar surface area (TPSA) is 46.5 Å². The van der Waals surface area contributed by atoms with Crippen LogP contribution in [0.5, 0.6) is 5.75 Å². The number of benzene rings is 1. The fraction of sp³-hybridized carbons (Fsp3) is 0.222. The third-order valence-electron chi connectivity index (χ3n) is 1.66. The van der Waals surface area contributed by atoms with Crippen LogP contribution in [0.2, 0.25) is 5.02 Å². The Labute approximate surface area is 93.4 Å². The Balaban J connectivity index is 3.01. The number of carboxylic acid groups (broad SMARTS) is 1. The predicted octanol–water partition coefficient (Wildman–Crippen LogP) is 2.71. The summed E-state index contributed by atoms with van der Waals surface area (Å²) in [6, 6.07) is 1.58. The molecule has 1 rings (SSSR count). The molecule has 0 aliphatic heterocycles. The standard InChI is InChI=1S/C9H6ClF3O3/c10-5-3-7(16-9(12)13)6(11)1-4(5)2-8(14)15/h1,3,9H,2H2,(H,14,15). The monoisotopic (exact) mass is 254 g/mol. The lowest BCUT2D eigenvalue weighted by Crippen LogP contribution is -2.06. The summed E-state index contributed by atoms with van der Waals surface area (Å²) in [5, 5.41) is 8.33. The highest BCUT2D eigenvalue weighted by molar-refractivity contribution is 6.31. The van der Waals surface area contributed by atoms with Crippen molar-refractivity contribution in [3.05, 3.63) is 28.5 Å². The molecule has 7 heteroatoms. The van der Waals surface area contributed by atoms with Gasteiger partial charge in [-0.3, -0.25) is 4.79 Å². The first-order chi connectivity index (χ1) is 7.40. The van der Waals surface area contributed by atoms with Gasteiger partial charge >= 0.3 is 12.6 Å². The van der Waals surface area contributed by atoms with Crippen molar-refractivity contribution in [1.82, 2.24) is 0 Å². The quantitative estimate of drug-likeness (QED) is 0.899. The molecular formula is C9H6ClF3O3. The minimum absolute atomic E-state index is 0.00622. The third-order valence-corrected chi connectivity index (χ3v) is 2.01. The number of ether oxygens (including phenoxy) is 1. The second kappa shape index (κ2) is 5.07. The van der Waals surface area contributed by atoms with Crippen molar-refractivity contribution in [1.29, 1.82) is 0 Å². The van der Waals surface area contributed by atoms with Crippen LogP contribution in [0.25, 0.3) is 0 Å².